The third-order valence-corrected chi connectivity index (χ3v) is 8.80. The van der Waals surface area contributed by atoms with Crippen molar-refractivity contribution in [3.8, 4) is 0 Å². The van der Waals surface area contributed by atoms with Crippen molar-refractivity contribution >= 4 is 40.7 Å². The Morgan fingerprint density at radius 2 is 1.59 bits per heavy atom. The lowest BCUT2D eigenvalue weighted by atomic mass is 9.76. The normalized spacial score (nSPS) is 26.9. The summed E-state index contributed by atoms with van der Waals surface area (Å²) in [6, 6.07) is 23.7. The Morgan fingerprint density at radius 3 is 2.36 bits per heavy atom. The second kappa shape index (κ2) is 8.61. The number of rotatable bonds is 4. The van der Waals surface area contributed by atoms with E-state index in [1.54, 1.807) is 29.2 Å². The molecule has 4 aliphatic rings. The first-order valence-electron chi connectivity index (χ1n) is 13.5. The molecule has 0 aromatic heterocycles. The molecule has 1 N–H and O–H groups in total. The van der Waals surface area contributed by atoms with E-state index in [2.05, 4.69) is 5.32 Å². The van der Waals surface area contributed by atoms with Crippen LogP contribution in [0.1, 0.15) is 24.5 Å². The van der Waals surface area contributed by atoms with Crippen molar-refractivity contribution in [2.24, 2.45) is 11.8 Å². The zero-order valence-corrected chi connectivity index (χ0v) is 21.5. The van der Waals surface area contributed by atoms with Gasteiger partial charge in [-0.05, 0) is 42.7 Å². The van der Waals surface area contributed by atoms with Crippen LogP contribution in [0.15, 0.2) is 78.9 Å². The fourth-order valence-electron chi connectivity index (χ4n) is 7.11. The molecule has 2 saturated heterocycles. The highest BCUT2D eigenvalue weighted by Gasteiger charge is 2.71. The molecule has 4 aliphatic heterocycles. The van der Waals surface area contributed by atoms with Crippen molar-refractivity contribution in [1.82, 2.24) is 5.32 Å². The van der Waals surface area contributed by atoms with Crippen LogP contribution < -0.4 is 20.0 Å². The molecule has 8 nitrogen and oxygen atoms in total. The first-order chi connectivity index (χ1) is 19.0. The number of para-hydroxylation sites is 3. The first-order valence-corrected chi connectivity index (χ1v) is 13.5. The summed E-state index contributed by atoms with van der Waals surface area (Å²) in [5.41, 5.74) is 2.32. The minimum atomic E-state index is -1.42. The second-order valence-electron chi connectivity index (χ2n) is 10.7. The number of fused-ring (bicyclic) bond motifs is 5. The Labute approximate surface area is 226 Å². The Bertz CT molecular complexity index is 1540. The number of nitrogens with zero attached hydrogens (tertiary/aromatic N) is 3. The second-order valence-corrected chi connectivity index (χ2v) is 10.7. The number of nitrogens with one attached hydrogen (secondary N) is 1. The molecule has 3 aromatic carbocycles. The summed E-state index contributed by atoms with van der Waals surface area (Å²) < 4.78 is 0. The lowest BCUT2D eigenvalue weighted by molar-refractivity contribution is -0.132. The molecule has 8 heteroatoms. The minimum Gasteiger partial charge on any atom is -0.310 e. The summed E-state index contributed by atoms with van der Waals surface area (Å²) in [5, 5.41) is 3.46. The number of imide groups is 1. The SMILES string of the molecule is CC[C@@H]1N[C@]2(C(=O)N(CC(=O)N3CCc4ccccc43)c3ccccc32)[C@H]2C(=O)N(c3ccccc3)C(=O)[C@H]12. The summed E-state index contributed by atoms with van der Waals surface area (Å²) in [6.45, 7) is 2.37. The molecule has 196 valence electrons. The van der Waals surface area contributed by atoms with Crippen LogP contribution in [-0.2, 0) is 31.1 Å². The van der Waals surface area contributed by atoms with Crippen molar-refractivity contribution < 1.29 is 19.2 Å². The number of anilines is 3. The van der Waals surface area contributed by atoms with Crippen LogP contribution in [0.4, 0.5) is 17.1 Å². The molecule has 0 aliphatic carbocycles. The Kier molecular flexibility index (Phi) is 5.25. The number of carbonyl (C=O) groups excluding carboxylic acids is 4. The molecule has 0 bridgehead atoms. The van der Waals surface area contributed by atoms with Crippen LogP contribution in [0.2, 0.25) is 0 Å². The van der Waals surface area contributed by atoms with Gasteiger partial charge in [0.2, 0.25) is 17.7 Å². The van der Waals surface area contributed by atoms with Crippen LogP contribution in [-0.4, -0.2) is 42.8 Å². The largest absolute Gasteiger partial charge is 0.310 e. The Morgan fingerprint density at radius 1 is 0.897 bits per heavy atom. The van der Waals surface area contributed by atoms with Gasteiger partial charge in [0.25, 0.3) is 5.91 Å². The van der Waals surface area contributed by atoms with Gasteiger partial charge in [-0.3, -0.25) is 24.5 Å². The molecule has 39 heavy (non-hydrogen) atoms. The highest BCUT2D eigenvalue weighted by Crippen LogP contribution is 2.55. The van der Waals surface area contributed by atoms with Crippen molar-refractivity contribution in [1.29, 1.82) is 0 Å². The van der Waals surface area contributed by atoms with Crippen molar-refractivity contribution in [2.75, 3.05) is 27.8 Å². The molecule has 0 saturated carbocycles. The van der Waals surface area contributed by atoms with Crippen LogP contribution in [0.25, 0.3) is 0 Å². The number of hydrogen-bond acceptors (Lipinski definition) is 5. The lowest BCUT2D eigenvalue weighted by Crippen LogP contribution is -2.56. The zero-order valence-electron chi connectivity index (χ0n) is 21.5. The third kappa shape index (κ3) is 3.15. The van der Waals surface area contributed by atoms with E-state index in [9.17, 15) is 19.2 Å². The predicted octanol–water partition coefficient (Wildman–Crippen LogP) is 3.01. The van der Waals surface area contributed by atoms with Crippen molar-refractivity contribution in [3.05, 3.63) is 90.0 Å². The molecule has 4 heterocycles. The van der Waals surface area contributed by atoms with Gasteiger partial charge in [0.1, 0.15) is 12.1 Å². The highest BCUT2D eigenvalue weighted by molar-refractivity contribution is 6.26. The standard InChI is InChI=1S/C31H28N4O4/c1-2-22-26-27(29(38)35(28(26)37)20-11-4-3-5-12-20)31(32-22)21-13-7-9-15-24(21)34(30(31)39)18-25(36)33-17-16-19-10-6-8-14-23(19)33/h3-15,22,26-27,32H,2,16-18H2,1H3/t22-,26+,27+,31-/m0/s1. The molecule has 3 aromatic rings. The van der Waals surface area contributed by atoms with Crippen LogP contribution in [0, 0.1) is 11.8 Å². The summed E-state index contributed by atoms with van der Waals surface area (Å²) in [7, 11) is 0. The van der Waals surface area contributed by atoms with Crippen molar-refractivity contribution in [2.45, 2.75) is 31.3 Å². The topological polar surface area (TPSA) is 90.0 Å². The third-order valence-electron chi connectivity index (χ3n) is 8.80. The number of benzene rings is 3. The van der Waals surface area contributed by atoms with Crippen LogP contribution >= 0.6 is 0 Å². The predicted molar refractivity (Wildman–Crippen MR) is 146 cm³/mol. The fraction of sp³-hybridized carbons (Fsp3) is 0.290. The monoisotopic (exact) mass is 520 g/mol. The summed E-state index contributed by atoms with van der Waals surface area (Å²) >= 11 is 0. The van der Waals surface area contributed by atoms with E-state index in [4.69, 9.17) is 0 Å². The van der Waals surface area contributed by atoms with E-state index in [0.717, 1.165) is 17.7 Å². The van der Waals surface area contributed by atoms with E-state index < -0.39 is 17.4 Å². The number of amides is 4. The van der Waals surface area contributed by atoms with E-state index in [0.29, 0.717) is 29.9 Å². The van der Waals surface area contributed by atoms with Gasteiger partial charge < -0.3 is 9.80 Å². The summed E-state index contributed by atoms with van der Waals surface area (Å²) in [5.74, 6) is -2.80. The molecular weight excluding hydrogens is 492 g/mol. The van der Waals surface area contributed by atoms with Crippen molar-refractivity contribution in [3.63, 3.8) is 0 Å². The highest BCUT2D eigenvalue weighted by atomic mass is 16.2. The van der Waals surface area contributed by atoms with E-state index in [-0.39, 0.29) is 36.2 Å². The van der Waals surface area contributed by atoms with Gasteiger partial charge in [-0.1, -0.05) is 61.5 Å². The maximum Gasteiger partial charge on any atom is 0.253 e. The molecule has 4 amide bonds. The average Bonchev–Trinajstić information content (AvgIpc) is 3.68. The molecule has 1 spiro atoms. The van der Waals surface area contributed by atoms with Crippen LogP contribution in [0.5, 0.6) is 0 Å². The Balaban J connectivity index is 1.29. The molecule has 2 fully saturated rings. The number of hydrogen-bond donors (Lipinski definition) is 1. The quantitative estimate of drug-likeness (QED) is 0.535. The summed E-state index contributed by atoms with van der Waals surface area (Å²) in [4.78, 5) is 60.4. The first kappa shape index (κ1) is 23.8. The molecular formula is C31H28N4O4. The van der Waals surface area contributed by atoms with E-state index in [1.807, 2.05) is 61.5 Å². The summed E-state index contributed by atoms with van der Waals surface area (Å²) in [6.07, 6.45) is 1.34. The lowest BCUT2D eigenvalue weighted by Gasteiger charge is -2.30. The van der Waals surface area contributed by atoms with Gasteiger partial charge in [-0.25, -0.2) is 4.90 Å². The van der Waals surface area contributed by atoms with E-state index in [1.165, 1.54) is 9.80 Å². The molecule has 0 unspecified atom stereocenters. The van der Waals surface area contributed by atoms with Gasteiger partial charge in [-0.2, -0.15) is 0 Å². The maximum absolute atomic E-state index is 14.5. The van der Waals surface area contributed by atoms with Gasteiger partial charge in [0.05, 0.1) is 17.5 Å². The zero-order chi connectivity index (χ0) is 26.9. The van der Waals surface area contributed by atoms with Gasteiger partial charge in [0, 0.05) is 29.5 Å². The fourth-order valence-corrected chi connectivity index (χ4v) is 7.11. The van der Waals surface area contributed by atoms with Crippen LogP contribution in [0.3, 0.4) is 0 Å². The molecule has 7 rings (SSSR count). The molecule has 0 radical (unpaired) electrons. The number of carbonyl (C=O) groups is 4. The van der Waals surface area contributed by atoms with E-state index >= 15 is 0 Å². The Hall–Kier alpha value is -4.30. The molecule has 4 atom stereocenters. The average molecular weight is 521 g/mol. The van der Waals surface area contributed by atoms with Gasteiger partial charge in [-0.15, -0.1) is 0 Å². The van der Waals surface area contributed by atoms with Gasteiger partial charge in [0.15, 0.2) is 0 Å². The van der Waals surface area contributed by atoms with Gasteiger partial charge >= 0.3 is 0 Å². The smallest absolute Gasteiger partial charge is 0.253 e. The maximum atomic E-state index is 14.5. The minimum absolute atomic E-state index is 0.147.